The maximum atomic E-state index is 13.1. The van der Waals surface area contributed by atoms with Crippen LogP contribution in [-0.4, -0.2) is 24.5 Å². The van der Waals surface area contributed by atoms with Crippen LogP contribution in [0.3, 0.4) is 0 Å². The molecule has 2 aromatic carbocycles. The maximum Gasteiger partial charge on any atom is 0.335 e. The molecule has 2 aromatic rings. The van der Waals surface area contributed by atoms with Crippen molar-refractivity contribution in [3.8, 4) is 5.75 Å². The second-order valence-corrected chi connectivity index (χ2v) is 7.69. The summed E-state index contributed by atoms with van der Waals surface area (Å²) in [6, 6.07) is 9.97. The third kappa shape index (κ3) is 4.40. The number of anilines is 1. The molecule has 1 N–H and O–H groups in total. The fourth-order valence-electron chi connectivity index (χ4n) is 3.06. The molecule has 1 aliphatic heterocycles. The van der Waals surface area contributed by atoms with Gasteiger partial charge in [-0.2, -0.15) is 0 Å². The number of nitrogens with zero attached hydrogens (tertiary/aromatic N) is 1. The number of benzene rings is 2. The summed E-state index contributed by atoms with van der Waals surface area (Å²) in [5.41, 5.74) is 2.64. The highest BCUT2D eigenvalue weighted by Gasteiger charge is 2.37. The minimum Gasteiger partial charge on any atom is -0.493 e. The Labute approximate surface area is 177 Å². The van der Waals surface area contributed by atoms with E-state index < -0.39 is 17.8 Å². The number of hydrogen-bond acceptors (Lipinski definition) is 4. The molecule has 0 aromatic heterocycles. The Morgan fingerprint density at radius 2 is 1.86 bits per heavy atom. The van der Waals surface area contributed by atoms with Crippen molar-refractivity contribution in [3.05, 3.63) is 63.1 Å². The van der Waals surface area contributed by atoms with E-state index in [4.69, 9.17) is 4.74 Å². The number of amides is 4. The maximum absolute atomic E-state index is 13.1. The summed E-state index contributed by atoms with van der Waals surface area (Å²) in [4.78, 5) is 39.0. The van der Waals surface area contributed by atoms with Crippen LogP contribution in [0.2, 0.25) is 0 Å². The second-order valence-electron chi connectivity index (χ2n) is 6.78. The van der Waals surface area contributed by atoms with Crippen LogP contribution in [0.1, 0.15) is 30.0 Å². The summed E-state index contributed by atoms with van der Waals surface area (Å²) in [6.45, 7) is 6.23. The molecular formula is C22H21BrN2O4. The van der Waals surface area contributed by atoms with Crippen molar-refractivity contribution in [2.45, 2.75) is 27.2 Å². The molecule has 6 nitrogen and oxygen atoms in total. The standard InChI is InChI=1S/C22H21BrN2O4/c1-4-9-29-19-8-6-16(23)11-15(19)12-17-20(26)24-22(28)25(21(17)27)18-7-5-13(2)10-14(18)3/h5-8,10-12H,4,9H2,1-3H3,(H,24,26,28)/b17-12+. The Kier molecular flexibility index (Phi) is 6.17. The van der Waals surface area contributed by atoms with Crippen molar-refractivity contribution in [1.82, 2.24) is 5.32 Å². The summed E-state index contributed by atoms with van der Waals surface area (Å²) >= 11 is 3.40. The molecule has 1 heterocycles. The van der Waals surface area contributed by atoms with E-state index in [9.17, 15) is 14.4 Å². The van der Waals surface area contributed by atoms with E-state index in [-0.39, 0.29) is 5.57 Å². The summed E-state index contributed by atoms with van der Waals surface area (Å²) in [5, 5.41) is 2.25. The van der Waals surface area contributed by atoms with Crippen LogP contribution in [0, 0.1) is 13.8 Å². The van der Waals surface area contributed by atoms with Gasteiger partial charge in [-0.15, -0.1) is 0 Å². The molecule has 0 aliphatic carbocycles. The number of nitrogens with one attached hydrogen (secondary N) is 1. The molecule has 0 atom stereocenters. The molecule has 1 saturated heterocycles. The lowest BCUT2D eigenvalue weighted by Gasteiger charge is -2.27. The summed E-state index contributed by atoms with van der Waals surface area (Å²) in [7, 11) is 0. The molecule has 150 valence electrons. The highest BCUT2D eigenvalue weighted by atomic mass is 79.9. The molecule has 0 radical (unpaired) electrons. The number of aryl methyl sites for hydroxylation is 2. The molecule has 29 heavy (non-hydrogen) atoms. The zero-order valence-corrected chi connectivity index (χ0v) is 18.0. The number of urea groups is 1. The highest BCUT2D eigenvalue weighted by Crippen LogP contribution is 2.29. The van der Waals surface area contributed by atoms with E-state index in [0.717, 1.165) is 26.9 Å². The van der Waals surface area contributed by atoms with Crippen molar-refractivity contribution < 1.29 is 19.1 Å². The minimum absolute atomic E-state index is 0.135. The van der Waals surface area contributed by atoms with Gasteiger partial charge in [0.25, 0.3) is 11.8 Å². The van der Waals surface area contributed by atoms with Gasteiger partial charge < -0.3 is 4.74 Å². The lowest BCUT2D eigenvalue weighted by atomic mass is 10.0. The number of barbiturate groups is 1. The normalized spacial score (nSPS) is 15.7. The van der Waals surface area contributed by atoms with E-state index in [2.05, 4.69) is 21.2 Å². The van der Waals surface area contributed by atoms with Gasteiger partial charge in [-0.05, 0) is 56.2 Å². The third-order valence-corrected chi connectivity index (χ3v) is 4.92. The van der Waals surface area contributed by atoms with Gasteiger partial charge >= 0.3 is 6.03 Å². The van der Waals surface area contributed by atoms with Gasteiger partial charge in [0, 0.05) is 10.0 Å². The van der Waals surface area contributed by atoms with Gasteiger partial charge in [0.15, 0.2) is 0 Å². The Bertz CT molecular complexity index is 1030. The van der Waals surface area contributed by atoms with Gasteiger partial charge in [-0.25, -0.2) is 9.69 Å². The number of imide groups is 2. The van der Waals surface area contributed by atoms with Crippen LogP contribution in [0.25, 0.3) is 6.08 Å². The first-order valence-corrected chi connectivity index (χ1v) is 10.0. The van der Waals surface area contributed by atoms with Crippen LogP contribution < -0.4 is 15.0 Å². The number of carbonyl (C=O) groups excluding carboxylic acids is 3. The van der Waals surface area contributed by atoms with E-state index in [1.807, 2.05) is 39.0 Å². The fraction of sp³-hybridized carbons (Fsp3) is 0.227. The van der Waals surface area contributed by atoms with Crippen molar-refractivity contribution in [3.63, 3.8) is 0 Å². The third-order valence-electron chi connectivity index (χ3n) is 4.43. The largest absolute Gasteiger partial charge is 0.493 e. The number of halogens is 1. The molecule has 1 fully saturated rings. The summed E-state index contributed by atoms with van der Waals surface area (Å²) in [5.74, 6) is -0.854. The summed E-state index contributed by atoms with van der Waals surface area (Å²) < 4.78 is 6.51. The predicted molar refractivity (Wildman–Crippen MR) is 115 cm³/mol. The van der Waals surface area contributed by atoms with Gasteiger partial charge in [0.1, 0.15) is 11.3 Å². The van der Waals surface area contributed by atoms with Crippen LogP contribution in [0.15, 0.2) is 46.4 Å². The molecule has 1 aliphatic rings. The quantitative estimate of drug-likeness (QED) is 0.529. The van der Waals surface area contributed by atoms with Gasteiger partial charge in [-0.1, -0.05) is 40.5 Å². The van der Waals surface area contributed by atoms with Crippen LogP contribution in [0.4, 0.5) is 10.5 Å². The minimum atomic E-state index is -0.763. The second kappa shape index (κ2) is 8.61. The molecule has 7 heteroatoms. The van der Waals surface area contributed by atoms with Crippen molar-refractivity contribution in [2.75, 3.05) is 11.5 Å². The zero-order chi connectivity index (χ0) is 21.1. The lowest BCUT2D eigenvalue weighted by Crippen LogP contribution is -2.54. The fourth-order valence-corrected chi connectivity index (χ4v) is 3.44. The molecule has 4 amide bonds. The Balaban J connectivity index is 2.05. The van der Waals surface area contributed by atoms with E-state index in [1.165, 1.54) is 6.08 Å². The Morgan fingerprint density at radius 3 is 2.55 bits per heavy atom. The predicted octanol–water partition coefficient (Wildman–Crippen LogP) is 4.52. The average Bonchev–Trinajstić information content (AvgIpc) is 2.66. The first-order valence-electron chi connectivity index (χ1n) is 9.23. The van der Waals surface area contributed by atoms with Crippen LogP contribution in [0.5, 0.6) is 5.75 Å². The molecule has 0 saturated carbocycles. The Morgan fingerprint density at radius 1 is 1.10 bits per heavy atom. The average molecular weight is 457 g/mol. The number of rotatable bonds is 5. The van der Waals surface area contributed by atoms with Crippen molar-refractivity contribution >= 4 is 45.5 Å². The van der Waals surface area contributed by atoms with Gasteiger partial charge in [0.05, 0.1) is 12.3 Å². The molecular weight excluding hydrogens is 436 g/mol. The van der Waals surface area contributed by atoms with Gasteiger partial charge in [-0.3, -0.25) is 14.9 Å². The van der Waals surface area contributed by atoms with Crippen LogP contribution in [-0.2, 0) is 9.59 Å². The Hall–Kier alpha value is -2.93. The van der Waals surface area contributed by atoms with Crippen LogP contribution >= 0.6 is 15.9 Å². The monoisotopic (exact) mass is 456 g/mol. The molecule has 0 bridgehead atoms. The van der Waals surface area contributed by atoms with Crippen molar-refractivity contribution in [2.24, 2.45) is 0 Å². The highest BCUT2D eigenvalue weighted by molar-refractivity contribution is 9.10. The molecule has 0 spiro atoms. The van der Waals surface area contributed by atoms with Gasteiger partial charge in [0.2, 0.25) is 0 Å². The van der Waals surface area contributed by atoms with E-state index in [1.54, 1.807) is 18.2 Å². The number of carbonyl (C=O) groups is 3. The smallest absolute Gasteiger partial charge is 0.335 e. The first-order chi connectivity index (χ1) is 13.8. The number of ether oxygens (including phenoxy) is 1. The number of hydrogen-bond donors (Lipinski definition) is 1. The molecule has 3 rings (SSSR count). The van der Waals surface area contributed by atoms with Crippen molar-refractivity contribution in [1.29, 1.82) is 0 Å². The van der Waals surface area contributed by atoms with E-state index >= 15 is 0 Å². The topological polar surface area (TPSA) is 75.7 Å². The lowest BCUT2D eigenvalue weighted by molar-refractivity contribution is -0.122. The SMILES string of the molecule is CCCOc1ccc(Br)cc1/C=C1\C(=O)NC(=O)N(c2ccc(C)cc2C)C1=O. The van der Waals surface area contributed by atoms with E-state index in [0.29, 0.717) is 23.6 Å². The zero-order valence-electron chi connectivity index (χ0n) is 16.4. The molecule has 0 unspecified atom stereocenters. The summed E-state index contributed by atoms with van der Waals surface area (Å²) in [6.07, 6.45) is 2.27. The first kappa shape index (κ1) is 20.8.